The number of rotatable bonds is 5. The Bertz CT molecular complexity index is 761. The lowest BCUT2D eigenvalue weighted by atomic mass is 10.1. The van der Waals surface area contributed by atoms with E-state index in [1.807, 2.05) is 0 Å². The summed E-state index contributed by atoms with van der Waals surface area (Å²) in [5, 5.41) is 23.9. The lowest BCUT2D eigenvalue weighted by Crippen LogP contribution is -2.34. The first kappa shape index (κ1) is 20.7. The Morgan fingerprint density at radius 2 is 2.08 bits per heavy atom. The van der Waals surface area contributed by atoms with Gasteiger partial charge in [0.15, 0.2) is 5.69 Å². The first-order valence-electron chi connectivity index (χ1n) is 7.67. The number of nitrogens with zero attached hydrogens (tertiary/aromatic N) is 2. The maximum absolute atomic E-state index is 12.1. The van der Waals surface area contributed by atoms with Gasteiger partial charge in [-0.05, 0) is 18.2 Å². The number of carbonyl (C=O) groups excluding carboxylic acids is 1. The van der Waals surface area contributed by atoms with E-state index in [9.17, 15) is 9.90 Å². The van der Waals surface area contributed by atoms with E-state index >= 15 is 0 Å². The van der Waals surface area contributed by atoms with Crippen molar-refractivity contribution in [2.24, 2.45) is 5.92 Å². The van der Waals surface area contributed by atoms with Crippen LogP contribution in [0, 0.1) is 5.92 Å². The summed E-state index contributed by atoms with van der Waals surface area (Å²) in [5.74, 6) is 0.169. The second-order valence-electron chi connectivity index (χ2n) is 5.61. The lowest BCUT2D eigenvalue weighted by molar-refractivity contribution is 0.0921. The van der Waals surface area contributed by atoms with Crippen LogP contribution in [0.25, 0.3) is 0 Å². The summed E-state index contributed by atoms with van der Waals surface area (Å²) in [4.78, 5) is 12.1. The first-order valence-corrected chi connectivity index (χ1v) is 8.43. The van der Waals surface area contributed by atoms with Gasteiger partial charge in [0.25, 0.3) is 5.91 Å². The number of aliphatic hydroxyl groups is 1. The Morgan fingerprint density at radius 1 is 1.27 bits per heavy atom. The fourth-order valence-electron chi connectivity index (χ4n) is 2.41. The van der Waals surface area contributed by atoms with Gasteiger partial charge in [-0.3, -0.25) is 4.79 Å². The maximum Gasteiger partial charge on any atom is 0.271 e. The van der Waals surface area contributed by atoms with Crippen molar-refractivity contribution in [1.29, 1.82) is 0 Å². The molecule has 0 bridgehead atoms. The predicted molar refractivity (Wildman–Crippen MR) is 101 cm³/mol. The third kappa shape index (κ3) is 4.96. The number of halogens is 3. The fourth-order valence-corrected chi connectivity index (χ4v) is 2.74. The minimum absolute atomic E-state index is 0. The molecule has 1 amide bonds. The molecule has 7 nitrogen and oxygen atoms in total. The minimum atomic E-state index is -0.454. The molecule has 1 saturated heterocycles. The first-order chi connectivity index (χ1) is 12.0. The number of aromatic nitrogens is 2. The molecule has 26 heavy (non-hydrogen) atoms. The van der Waals surface area contributed by atoms with E-state index in [2.05, 4.69) is 20.8 Å². The van der Waals surface area contributed by atoms with Crippen LogP contribution in [-0.4, -0.2) is 46.9 Å². The third-order valence-electron chi connectivity index (χ3n) is 3.83. The van der Waals surface area contributed by atoms with Gasteiger partial charge in [-0.1, -0.05) is 29.3 Å². The molecule has 0 radical (unpaired) electrons. The smallest absolute Gasteiger partial charge is 0.271 e. The highest BCUT2D eigenvalue weighted by molar-refractivity contribution is 6.42. The van der Waals surface area contributed by atoms with E-state index in [0.29, 0.717) is 30.4 Å². The van der Waals surface area contributed by atoms with Crippen molar-refractivity contribution in [3.63, 3.8) is 0 Å². The fraction of sp³-hybridized carbons (Fsp3) is 0.312. The summed E-state index contributed by atoms with van der Waals surface area (Å²) < 4.78 is 5.52. The molecule has 1 fully saturated rings. The zero-order valence-corrected chi connectivity index (χ0v) is 15.8. The molecule has 1 aromatic heterocycles. The van der Waals surface area contributed by atoms with Gasteiger partial charge in [-0.25, -0.2) is 0 Å². The molecule has 1 aliphatic heterocycles. The molecule has 0 aliphatic carbocycles. The monoisotopic (exact) mass is 418 g/mol. The average Bonchev–Trinajstić information content (AvgIpc) is 3.02. The zero-order valence-electron chi connectivity index (χ0n) is 13.5. The van der Waals surface area contributed by atoms with E-state index < -0.39 is 6.10 Å². The topological polar surface area (TPSA) is 96.4 Å². The van der Waals surface area contributed by atoms with Crippen LogP contribution >= 0.6 is 35.6 Å². The van der Waals surface area contributed by atoms with Crippen LogP contribution < -0.4 is 15.4 Å². The van der Waals surface area contributed by atoms with E-state index in [-0.39, 0.29) is 40.8 Å². The molecule has 2 atom stereocenters. The van der Waals surface area contributed by atoms with Crippen molar-refractivity contribution < 1.29 is 14.6 Å². The number of hydrogen-bond acceptors (Lipinski definition) is 6. The number of ether oxygens (including phenoxy) is 1. The summed E-state index contributed by atoms with van der Waals surface area (Å²) in [7, 11) is 0. The number of carbonyl (C=O) groups is 1. The van der Waals surface area contributed by atoms with Crippen molar-refractivity contribution >= 4 is 41.5 Å². The SMILES string of the molecule is Cl.O=C(NCC1CNCC1O)c1ccc(Oc2cccc(Cl)c2Cl)nn1. The molecule has 0 spiro atoms. The zero-order chi connectivity index (χ0) is 17.8. The largest absolute Gasteiger partial charge is 0.436 e. The van der Waals surface area contributed by atoms with Crippen LogP contribution in [-0.2, 0) is 0 Å². The van der Waals surface area contributed by atoms with Gasteiger partial charge in [-0.2, -0.15) is 0 Å². The van der Waals surface area contributed by atoms with E-state index in [4.69, 9.17) is 27.9 Å². The van der Waals surface area contributed by atoms with Gasteiger partial charge < -0.3 is 20.5 Å². The molecular weight excluding hydrogens is 403 g/mol. The van der Waals surface area contributed by atoms with Gasteiger partial charge in [0.05, 0.1) is 11.1 Å². The highest BCUT2D eigenvalue weighted by Crippen LogP contribution is 2.33. The van der Waals surface area contributed by atoms with Crippen molar-refractivity contribution in [3.05, 3.63) is 46.1 Å². The van der Waals surface area contributed by atoms with Gasteiger partial charge in [0, 0.05) is 31.6 Å². The van der Waals surface area contributed by atoms with Crippen LogP contribution in [0.15, 0.2) is 30.3 Å². The Kier molecular flexibility index (Phi) is 7.43. The van der Waals surface area contributed by atoms with E-state index in [1.54, 1.807) is 18.2 Å². The van der Waals surface area contributed by atoms with Gasteiger partial charge in [-0.15, -0.1) is 22.6 Å². The van der Waals surface area contributed by atoms with E-state index in [1.165, 1.54) is 12.1 Å². The summed E-state index contributed by atoms with van der Waals surface area (Å²) in [5.41, 5.74) is 0.157. The normalized spacial score (nSPS) is 18.9. The number of nitrogens with one attached hydrogen (secondary N) is 2. The maximum atomic E-state index is 12.1. The number of hydrogen-bond donors (Lipinski definition) is 3. The second-order valence-corrected chi connectivity index (χ2v) is 6.39. The number of β-amino-alcohol motifs (C(OH)–C–C–N with tert-alkyl or cyclic N) is 1. The van der Waals surface area contributed by atoms with Gasteiger partial charge >= 0.3 is 0 Å². The number of benzene rings is 1. The van der Waals surface area contributed by atoms with Crippen LogP contribution in [0.1, 0.15) is 10.5 Å². The Balaban J connectivity index is 0.00000243. The minimum Gasteiger partial charge on any atom is -0.436 e. The molecule has 140 valence electrons. The van der Waals surface area contributed by atoms with Crippen LogP contribution in [0.4, 0.5) is 0 Å². The Morgan fingerprint density at radius 3 is 2.73 bits per heavy atom. The van der Waals surface area contributed by atoms with Crippen molar-refractivity contribution in [2.45, 2.75) is 6.10 Å². The summed E-state index contributed by atoms with van der Waals surface area (Å²) in [6.07, 6.45) is -0.454. The van der Waals surface area contributed by atoms with Crippen molar-refractivity contribution in [3.8, 4) is 11.6 Å². The standard InChI is InChI=1S/C16H16Cl2N4O3.ClH/c17-10-2-1-3-13(15(10)18)25-14-5-4-11(21-22-14)16(24)20-7-9-6-19-8-12(9)23;/h1-5,9,12,19,23H,6-8H2,(H,20,24);1H. The molecule has 3 rings (SSSR count). The number of amides is 1. The highest BCUT2D eigenvalue weighted by Gasteiger charge is 2.25. The third-order valence-corrected chi connectivity index (χ3v) is 4.63. The van der Waals surface area contributed by atoms with Gasteiger partial charge in [0.1, 0.15) is 10.8 Å². The predicted octanol–water partition coefficient (Wildman–Crippen LogP) is 2.31. The highest BCUT2D eigenvalue weighted by atomic mass is 35.5. The average molecular weight is 420 g/mol. The molecule has 3 N–H and O–H groups in total. The lowest BCUT2D eigenvalue weighted by Gasteiger charge is -2.13. The molecule has 2 unspecified atom stereocenters. The van der Waals surface area contributed by atoms with Crippen LogP contribution in [0.2, 0.25) is 10.0 Å². The van der Waals surface area contributed by atoms with Crippen molar-refractivity contribution in [1.82, 2.24) is 20.8 Å². The quantitative estimate of drug-likeness (QED) is 0.688. The molecule has 1 aliphatic rings. The number of aliphatic hydroxyl groups excluding tert-OH is 1. The Hall–Kier alpha value is -1.64. The molecule has 10 heteroatoms. The van der Waals surface area contributed by atoms with E-state index in [0.717, 1.165) is 0 Å². The molecular formula is C16H17Cl3N4O3. The van der Waals surface area contributed by atoms with Crippen LogP contribution in [0.5, 0.6) is 11.6 Å². The Labute approximate surface area is 166 Å². The summed E-state index contributed by atoms with van der Waals surface area (Å²) in [6.45, 7) is 1.57. The second kappa shape index (κ2) is 9.34. The van der Waals surface area contributed by atoms with Crippen LogP contribution in [0.3, 0.4) is 0 Å². The molecule has 0 saturated carbocycles. The van der Waals surface area contributed by atoms with Crippen molar-refractivity contribution in [2.75, 3.05) is 19.6 Å². The molecule has 1 aromatic carbocycles. The van der Waals surface area contributed by atoms with Gasteiger partial charge in [0.2, 0.25) is 5.88 Å². The molecule has 2 heterocycles. The summed E-state index contributed by atoms with van der Waals surface area (Å²) in [6, 6.07) is 8.01. The summed E-state index contributed by atoms with van der Waals surface area (Å²) >= 11 is 12.0. The molecule has 2 aromatic rings.